The highest BCUT2D eigenvalue weighted by atomic mass is 35.5. The Balaban J connectivity index is 1.72. The topological polar surface area (TPSA) is 56.9 Å². The average Bonchev–Trinajstić information content (AvgIpc) is 2.73. The Hall–Kier alpha value is -2.89. The second-order valence-electron chi connectivity index (χ2n) is 6.14. The molecule has 0 aliphatic heterocycles. The van der Waals surface area contributed by atoms with E-state index >= 15 is 0 Å². The highest BCUT2D eigenvalue weighted by Crippen LogP contribution is 2.27. The summed E-state index contributed by atoms with van der Waals surface area (Å²) in [5, 5.41) is 14.9. The van der Waals surface area contributed by atoms with Crippen LogP contribution in [-0.2, 0) is 0 Å². The Morgan fingerprint density at radius 1 is 0.964 bits per heavy atom. The van der Waals surface area contributed by atoms with E-state index in [1.54, 1.807) is 24.3 Å². The summed E-state index contributed by atoms with van der Waals surface area (Å²) in [6.45, 7) is 0. The fourth-order valence-electron chi connectivity index (χ4n) is 2.88. The largest absolute Gasteiger partial charge is 0.710 e. The molecule has 0 atom stereocenters. The molecule has 28 heavy (non-hydrogen) atoms. The van der Waals surface area contributed by atoms with Crippen LogP contribution >= 0.6 is 23.4 Å². The number of rotatable bonds is 5. The predicted molar refractivity (Wildman–Crippen MR) is 113 cm³/mol. The molecule has 1 heterocycles. The van der Waals surface area contributed by atoms with Crippen molar-refractivity contribution in [2.24, 2.45) is 0 Å². The Kier molecular flexibility index (Phi) is 5.28. The molecule has 0 aliphatic carbocycles. The van der Waals surface area contributed by atoms with Gasteiger partial charge in [-0.3, -0.25) is 4.79 Å². The number of hydrogen-bond acceptors (Lipinski definition) is 4. The number of hydrogen-bond donors (Lipinski definition) is 0. The van der Waals surface area contributed by atoms with Gasteiger partial charge in [0.2, 0.25) is 0 Å². The van der Waals surface area contributed by atoms with Crippen molar-refractivity contribution in [2.45, 2.75) is 5.03 Å². The van der Waals surface area contributed by atoms with Gasteiger partial charge in [-0.05, 0) is 53.5 Å². The molecule has 0 unspecified atom stereocenters. The third-order valence-electron chi connectivity index (χ3n) is 4.28. The van der Waals surface area contributed by atoms with Gasteiger partial charge < -0.3 is 5.21 Å². The maximum absolute atomic E-state index is 13.1. The Morgan fingerprint density at radius 3 is 2.39 bits per heavy atom. The smallest absolute Gasteiger partial charge is 0.334 e. The van der Waals surface area contributed by atoms with Crippen LogP contribution in [0.2, 0.25) is 5.02 Å². The Labute approximate surface area is 171 Å². The van der Waals surface area contributed by atoms with Crippen molar-refractivity contribution in [3.8, 4) is 11.4 Å². The van der Waals surface area contributed by atoms with E-state index < -0.39 is 0 Å². The van der Waals surface area contributed by atoms with Crippen LogP contribution in [0.25, 0.3) is 22.3 Å². The molecule has 0 radical (unpaired) electrons. The van der Waals surface area contributed by atoms with Crippen LogP contribution < -0.4 is 4.73 Å². The van der Waals surface area contributed by atoms with Crippen LogP contribution in [-0.4, -0.2) is 16.5 Å². The van der Waals surface area contributed by atoms with Crippen LogP contribution in [0.15, 0.2) is 83.9 Å². The highest BCUT2D eigenvalue weighted by molar-refractivity contribution is 8.00. The van der Waals surface area contributed by atoms with Crippen molar-refractivity contribution in [3.63, 3.8) is 0 Å². The van der Waals surface area contributed by atoms with Gasteiger partial charge in [0, 0.05) is 10.6 Å². The van der Waals surface area contributed by atoms with E-state index in [-0.39, 0.29) is 11.5 Å². The lowest BCUT2D eigenvalue weighted by Crippen LogP contribution is -2.34. The van der Waals surface area contributed by atoms with Gasteiger partial charge in [-0.25, -0.2) is 4.73 Å². The fourth-order valence-corrected chi connectivity index (χ4v) is 3.97. The second kappa shape index (κ2) is 8.00. The monoisotopic (exact) mass is 406 g/mol. The molecule has 0 fully saturated rings. The number of para-hydroxylation sites is 1. The number of nitrogens with zero attached hydrogens (tertiary/aromatic N) is 2. The summed E-state index contributed by atoms with van der Waals surface area (Å²) in [5.41, 5.74) is 2.01. The van der Waals surface area contributed by atoms with Gasteiger partial charge in [0.25, 0.3) is 0 Å². The Morgan fingerprint density at radius 2 is 1.64 bits per heavy atom. The van der Waals surface area contributed by atoms with Gasteiger partial charge in [-0.15, -0.1) is 0 Å². The first-order chi connectivity index (χ1) is 13.6. The van der Waals surface area contributed by atoms with Crippen LogP contribution in [0, 0.1) is 5.21 Å². The molecule has 0 aliphatic rings. The first kappa shape index (κ1) is 18.5. The lowest BCUT2D eigenvalue weighted by molar-refractivity contribution is -0.634. The molecular weight excluding hydrogens is 392 g/mol. The lowest BCUT2D eigenvalue weighted by atomic mass is 10.1. The summed E-state index contributed by atoms with van der Waals surface area (Å²) in [5.74, 6) is 0.399. The molecule has 0 saturated carbocycles. The summed E-state index contributed by atoms with van der Waals surface area (Å²) < 4.78 is 0.817. The van der Waals surface area contributed by atoms with Crippen LogP contribution in [0.1, 0.15) is 10.4 Å². The quantitative estimate of drug-likeness (QED) is 0.151. The average molecular weight is 407 g/mol. The molecule has 0 saturated heterocycles. The standard InChI is InChI=1S/C22H15ClN2O2S/c23-17-12-10-15(11-13-17)20(26)14-28-22-18-8-4-5-9-19(18)24-21(25(22)27)16-6-2-1-3-7-16/h1-13H,14H2. The van der Waals surface area contributed by atoms with Gasteiger partial charge in [0.05, 0.1) is 16.7 Å². The van der Waals surface area contributed by atoms with E-state index in [0.717, 1.165) is 21.2 Å². The molecular formula is C22H15ClN2O2S. The predicted octanol–water partition coefficient (Wildman–Crippen LogP) is 5.16. The second-order valence-corrected chi connectivity index (χ2v) is 7.54. The van der Waals surface area contributed by atoms with Crippen LogP contribution in [0.4, 0.5) is 0 Å². The number of benzene rings is 3. The van der Waals surface area contributed by atoms with E-state index in [9.17, 15) is 10.0 Å². The Bertz CT molecular complexity index is 1150. The van der Waals surface area contributed by atoms with Gasteiger partial charge >= 0.3 is 5.82 Å². The zero-order valence-electron chi connectivity index (χ0n) is 14.7. The lowest BCUT2D eigenvalue weighted by Gasteiger charge is -2.13. The number of aromatic nitrogens is 2. The minimum atomic E-state index is -0.0659. The number of halogens is 1. The molecule has 0 N–H and O–H groups in total. The summed E-state index contributed by atoms with van der Waals surface area (Å²) in [7, 11) is 0. The van der Waals surface area contributed by atoms with Crippen molar-refractivity contribution in [3.05, 3.63) is 94.7 Å². The van der Waals surface area contributed by atoms with E-state index in [2.05, 4.69) is 4.98 Å². The van der Waals surface area contributed by atoms with E-state index in [1.165, 1.54) is 11.8 Å². The number of ketones is 1. The molecule has 1 aromatic heterocycles. The number of thioether (sulfide) groups is 1. The summed E-state index contributed by atoms with van der Waals surface area (Å²) in [6.07, 6.45) is 0. The summed E-state index contributed by atoms with van der Waals surface area (Å²) in [6, 6.07) is 23.5. The van der Waals surface area contributed by atoms with Gasteiger partial charge in [0.1, 0.15) is 0 Å². The minimum absolute atomic E-state index is 0.0659. The maximum atomic E-state index is 13.1. The minimum Gasteiger partial charge on any atom is -0.710 e. The number of carbonyl (C=O) groups is 1. The fraction of sp³-hybridized carbons (Fsp3) is 0.0455. The summed E-state index contributed by atoms with van der Waals surface area (Å²) >= 11 is 7.10. The third kappa shape index (κ3) is 3.72. The van der Waals surface area contributed by atoms with Crippen molar-refractivity contribution in [2.75, 3.05) is 5.75 Å². The van der Waals surface area contributed by atoms with Gasteiger partial charge in [0.15, 0.2) is 16.3 Å². The SMILES string of the molecule is O=C(CSc1c2ccccc2nc(-c2ccccc2)[n+]1[O-])c1ccc(Cl)cc1. The first-order valence-corrected chi connectivity index (χ1v) is 9.99. The molecule has 4 rings (SSSR count). The maximum Gasteiger partial charge on any atom is 0.334 e. The molecule has 4 nitrogen and oxygen atoms in total. The number of Topliss-reactive ketones (excluding diaryl/α,β-unsaturated/α-hetero) is 1. The first-order valence-electron chi connectivity index (χ1n) is 8.63. The van der Waals surface area contributed by atoms with Gasteiger partial charge in [-0.2, -0.15) is 0 Å². The normalized spacial score (nSPS) is 10.9. The zero-order valence-corrected chi connectivity index (χ0v) is 16.3. The van der Waals surface area contributed by atoms with Crippen molar-refractivity contribution >= 4 is 40.0 Å². The van der Waals surface area contributed by atoms with E-state index in [4.69, 9.17) is 11.6 Å². The molecule has 138 valence electrons. The van der Waals surface area contributed by atoms with Crippen LogP contribution in [0.3, 0.4) is 0 Å². The molecule has 4 aromatic rings. The van der Waals surface area contributed by atoms with E-state index in [1.807, 2.05) is 54.6 Å². The highest BCUT2D eigenvalue weighted by Gasteiger charge is 2.21. The van der Waals surface area contributed by atoms with Crippen LogP contribution in [0.5, 0.6) is 0 Å². The zero-order chi connectivity index (χ0) is 19.5. The van der Waals surface area contributed by atoms with Crippen molar-refractivity contribution in [1.29, 1.82) is 0 Å². The third-order valence-corrected chi connectivity index (χ3v) is 5.59. The number of carbonyl (C=O) groups excluding carboxylic acids is 1. The molecule has 0 bridgehead atoms. The molecule has 6 heteroatoms. The van der Waals surface area contributed by atoms with Crippen molar-refractivity contribution in [1.82, 2.24) is 4.98 Å². The van der Waals surface area contributed by atoms with Gasteiger partial charge in [-0.1, -0.05) is 53.7 Å². The summed E-state index contributed by atoms with van der Waals surface area (Å²) in [4.78, 5) is 17.1. The molecule has 3 aromatic carbocycles. The van der Waals surface area contributed by atoms with Crippen molar-refractivity contribution < 1.29 is 9.52 Å². The molecule has 0 amide bonds. The van der Waals surface area contributed by atoms with E-state index in [0.29, 0.717) is 21.4 Å². The number of fused-ring (bicyclic) bond motifs is 1. The molecule has 0 spiro atoms.